The maximum absolute atomic E-state index is 12.3. The van der Waals surface area contributed by atoms with Crippen molar-refractivity contribution in [2.24, 2.45) is 0 Å². The van der Waals surface area contributed by atoms with E-state index in [1.807, 2.05) is 12.1 Å². The largest absolute Gasteiger partial charge is 0.497 e. The number of amides is 1. The summed E-state index contributed by atoms with van der Waals surface area (Å²) >= 11 is 0. The van der Waals surface area contributed by atoms with Gasteiger partial charge in [0.25, 0.3) is 5.89 Å². The molecule has 1 aliphatic heterocycles. The topological polar surface area (TPSA) is 94.8 Å². The number of hydrogen-bond acceptors (Lipinski definition) is 7. The van der Waals surface area contributed by atoms with Crippen molar-refractivity contribution in [1.29, 1.82) is 0 Å². The Morgan fingerprint density at radius 3 is 2.57 bits per heavy atom. The van der Waals surface area contributed by atoms with Crippen molar-refractivity contribution in [3.05, 3.63) is 60.0 Å². The van der Waals surface area contributed by atoms with E-state index in [2.05, 4.69) is 10.1 Å². The second kappa shape index (κ2) is 8.77. The zero-order valence-corrected chi connectivity index (χ0v) is 16.5. The van der Waals surface area contributed by atoms with Crippen molar-refractivity contribution in [2.75, 3.05) is 18.6 Å². The van der Waals surface area contributed by atoms with Crippen LogP contribution in [0.25, 0.3) is 11.4 Å². The molecule has 154 valence electrons. The Bertz CT molecular complexity index is 1030. The van der Waals surface area contributed by atoms with E-state index in [4.69, 9.17) is 14.0 Å². The number of ether oxygens (including phenoxy) is 2. The zero-order valence-electron chi connectivity index (χ0n) is 16.5. The van der Waals surface area contributed by atoms with Gasteiger partial charge >= 0.3 is 5.97 Å². The van der Waals surface area contributed by atoms with Crippen LogP contribution in [-0.4, -0.2) is 35.7 Å². The van der Waals surface area contributed by atoms with E-state index in [1.54, 1.807) is 48.4 Å². The summed E-state index contributed by atoms with van der Waals surface area (Å²) in [5.74, 6) is 0.937. The molecule has 0 atom stereocenters. The summed E-state index contributed by atoms with van der Waals surface area (Å²) in [6.07, 6.45) is 2.47. The number of nitrogens with zero attached hydrogens (tertiary/aromatic N) is 3. The fourth-order valence-corrected chi connectivity index (χ4v) is 3.24. The van der Waals surface area contributed by atoms with Crippen LogP contribution in [-0.2, 0) is 16.1 Å². The van der Waals surface area contributed by atoms with Crippen LogP contribution in [0.1, 0.15) is 35.5 Å². The minimum Gasteiger partial charge on any atom is -0.497 e. The van der Waals surface area contributed by atoms with Crippen LogP contribution in [0.2, 0.25) is 0 Å². The highest BCUT2D eigenvalue weighted by atomic mass is 16.6. The van der Waals surface area contributed by atoms with Gasteiger partial charge in [-0.25, -0.2) is 4.79 Å². The number of rotatable bonds is 6. The predicted octanol–water partition coefficient (Wildman–Crippen LogP) is 3.62. The first kappa shape index (κ1) is 19.6. The van der Waals surface area contributed by atoms with Gasteiger partial charge in [-0.05, 0) is 61.4 Å². The van der Waals surface area contributed by atoms with Crippen LogP contribution >= 0.6 is 0 Å². The summed E-state index contributed by atoms with van der Waals surface area (Å²) in [6.45, 7) is 0.574. The second-order valence-corrected chi connectivity index (χ2v) is 6.87. The zero-order chi connectivity index (χ0) is 20.9. The van der Waals surface area contributed by atoms with Crippen molar-refractivity contribution in [3.8, 4) is 17.1 Å². The first-order valence-electron chi connectivity index (χ1n) is 9.68. The van der Waals surface area contributed by atoms with Gasteiger partial charge in [-0.1, -0.05) is 5.16 Å². The highest BCUT2D eigenvalue weighted by molar-refractivity contribution is 5.95. The number of methoxy groups -OCH3 is 1. The van der Waals surface area contributed by atoms with Gasteiger partial charge in [-0.15, -0.1) is 0 Å². The molecule has 2 heterocycles. The molecule has 4 rings (SSSR count). The van der Waals surface area contributed by atoms with E-state index in [1.165, 1.54) is 0 Å². The fourth-order valence-electron chi connectivity index (χ4n) is 3.24. The lowest BCUT2D eigenvalue weighted by atomic mass is 10.1. The molecule has 0 unspecified atom stereocenters. The number of hydrogen-bond donors (Lipinski definition) is 0. The normalized spacial score (nSPS) is 13.9. The minimum absolute atomic E-state index is 0.112. The lowest BCUT2D eigenvalue weighted by Gasteiger charge is -2.26. The van der Waals surface area contributed by atoms with Crippen LogP contribution in [0.4, 0.5) is 5.69 Å². The van der Waals surface area contributed by atoms with Gasteiger partial charge in [0.2, 0.25) is 11.7 Å². The van der Waals surface area contributed by atoms with E-state index >= 15 is 0 Å². The summed E-state index contributed by atoms with van der Waals surface area (Å²) in [4.78, 5) is 30.3. The van der Waals surface area contributed by atoms with E-state index in [0.717, 1.165) is 29.8 Å². The number of carbonyl (C=O) groups excluding carboxylic acids is 2. The molecule has 0 N–H and O–H groups in total. The van der Waals surface area contributed by atoms with Gasteiger partial charge in [-0.3, -0.25) is 4.79 Å². The van der Waals surface area contributed by atoms with Gasteiger partial charge in [0.05, 0.1) is 12.7 Å². The molecule has 1 amide bonds. The minimum atomic E-state index is -0.504. The lowest BCUT2D eigenvalue weighted by molar-refractivity contribution is -0.119. The third kappa shape index (κ3) is 4.32. The highest BCUT2D eigenvalue weighted by Crippen LogP contribution is 2.22. The van der Waals surface area contributed by atoms with Crippen molar-refractivity contribution in [1.82, 2.24) is 10.1 Å². The van der Waals surface area contributed by atoms with Crippen LogP contribution in [0.5, 0.6) is 5.75 Å². The molecule has 0 bridgehead atoms. The first-order valence-corrected chi connectivity index (χ1v) is 9.68. The van der Waals surface area contributed by atoms with Crippen LogP contribution in [0.3, 0.4) is 0 Å². The van der Waals surface area contributed by atoms with Gasteiger partial charge in [0, 0.05) is 24.2 Å². The molecule has 8 nitrogen and oxygen atoms in total. The van der Waals surface area contributed by atoms with E-state index in [0.29, 0.717) is 24.4 Å². The van der Waals surface area contributed by atoms with Crippen LogP contribution in [0.15, 0.2) is 53.1 Å². The molecule has 0 spiro atoms. The molecule has 0 aliphatic carbocycles. The summed E-state index contributed by atoms with van der Waals surface area (Å²) in [7, 11) is 1.59. The van der Waals surface area contributed by atoms with E-state index in [-0.39, 0.29) is 18.4 Å². The number of benzene rings is 2. The lowest BCUT2D eigenvalue weighted by Crippen LogP contribution is -2.35. The third-order valence-corrected chi connectivity index (χ3v) is 4.88. The smallest absolute Gasteiger partial charge is 0.338 e. The van der Waals surface area contributed by atoms with Gasteiger partial charge in [-0.2, -0.15) is 4.98 Å². The first-order chi connectivity index (χ1) is 14.6. The molecule has 0 saturated carbocycles. The monoisotopic (exact) mass is 407 g/mol. The van der Waals surface area contributed by atoms with Crippen molar-refractivity contribution in [3.63, 3.8) is 0 Å². The Labute approximate surface area is 173 Å². The van der Waals surface area contributed by atoms with E-state index < -0.39 is 5.97 Å². The van der Waals surface area contributed by atoms with Crippen LogP contribution in [0, 0.1) is 0 Å². The summed E-state index contributed by atoms with van der Waals surface area (Å²) in [5, 5.41) is 3.91. The number of aromatic nitrogens is 2. The molecular weight excluding hydrogens is 386 g/mol. The Morgan fingerprint density at radius 2 is 1.87 bits per heavy atom. The summed E-state index contributed by atoms with van der Waals surface area (Å²) < 4.78 is 15.6. The fraction of sp³-hybridized carbons (Fsp3) is 0.273. The van der Waals surface area contributed by atoms with Crippen molar-refractivity contribution >= 4 is 17.6 Å². The molecule has 8 heteroatoms. The molecular formula is C22H21N3O5. The number of carbonyl (C=O) groups is 2. The molecule has 0 radical (unpaired) electrons. The number of anilines is 1. The molecule has 1 aromatic heterocycles. The van der Waals surface area contributed by atoms with Crippen molar-refractivity contribution in [2.45, 2.75) is 25.9 Å². The second-order valence-electron chi connectivity index (χ2n) is 6.87. The maximum Gasteiger partial charge on any atom is 0.338 e. The molecule has 1 saturated heterocycles. The van der Waals surface area contributed by atoms with Crippen LogP contribution < -0.4 is 9.64 Å². The molecule has 1 aliphatic rings. The Morgan fingerprint density at radius 1 is 1.10 bits per heavy atom. The number of piperidine rings is 1. The average Bonchev–Trinajstić information content (AvgIpc) is 3.27. The Balaban J connectivity index is 1.35. The van der Waals surface area contributed by atoms with Crippen molar-refractivity contribution < 1.29 is 23.6 Å². The average molecular weight is 407 g/mol. The number of esters is 1. The van der Waals surface area contributed by atoms with E-state index in [9.17, 15) is 9.59 Å². The molecule has 3 aromatic rings. The predicted molar refractivity (Wildman–Crippen MR) is 108 cm³/mol. The summed E-state index contributed by atoms with van der Waals surface area (Å²) in [5.41, 5.74) is 1.94. The van der Waals surface area contributed by atoms with Gasteiger partial charge in [0.1, 0.15) is 5.75 Å². The molecule has 1 fully saturated rings. The Kier molecular flexibility index (Phi) is 5.74. The highest BCUT2D eigenvalue weighted by Gasteiger charge is 2.20. The van der Waals surface area contributed by atoms with Gasteiger partial charge in [0.15, 0.2) is 6.61 Å². The maximum atomic E-state index is 12.3. The molecule has 30 heavy (non-hydrogen) atoms. The third-order valence-electron chi connectivity index (χ3n) is 4.88. The quantitative estimate of drug-likeness (QED) is 0.576. The van der Waals surface area contributed by atoms with Gasteiger partial charge < -0.3 is 18.9 Å². The summed E-state index contributed by atoms with van der Waals surface area (Å²) in [6, 6.07) is 14.0. The Hall–Kier alpha value is -3.68. The standard InChI is InChI=1S/C22H21N3O5/c1-28-18-11-7-15(8-12-18)21-23-19(30-24-21)14-29-22(27)16-5-9-17(10-6-16)25-13-3-2-4-20(25)26/h5-12H,2-4,13-14H2,1H3. The molecule has 2 aromatic carbocycles. The SMILES string of the molecule is COc1ccc(-c2noc(COC(=O)c3ccc(N4CCCCC4=O)cc3)n2)cc1.